The number of rotatable bonds is 3. The van der Waals surface area contributed by atoms with Crippen LogP contribution in [0.3, 0.4) is 0 Å². The number of hydrogen-bond acceptors (Lipinski definition) is 1. The van der Waals surface area contributed by atoms with E-state index in [0.717, 1.165) is 18.2 Å². The van der Waals surface area contributed by atoms with Crippen molar-refractivity contribution in [1.82, 2.24) is 0 Å². The Balaban J connectivity index is 1.95. The maximum Gasteiger partial charge on any atom is 0.299 e. The average molecular weight is 236 g/mol. The molecule has 0 aromatic heterocycles. The summed E-state index contributed by atoms with van der Waals surface area (Å²) in [5.74, 6) is 1.77. The predicted octanol–water partition coefficient (Wildman–Crippen LogP) is 5.07. The van der Waals surface area contributed by atoms with Crippen molar-refractivity contribution in [3.05, 3.63) is 0 Å². The van der Waals surface area contributed by atoms with Crippen molar-refractivity contribution in [1.29, 1.82) is 0 Å². The monoisotopic (exact) mass is 236 g/mol. The minimum Gasteiger partial charge on any atom is -0.435 e. The summed E-state index contributed by atoms with van der Waals surface area (Å²) in [6.07, 6.45) is 15.7. The van der Waals surface area contributed by atoms with E-state index in [9.17, 15) is 0 Å². The molecule has 2 heterocycles. The molecule has 2 aliphatic rings. The third kappa shape index (κ3) is 4.01. The molecule has 0 aromatic rings. The maximum absolute atomic E-state index is 6.23. The Bertz CT molecular complexity index is 191. The van der Waals surface area contributed by atoms with Crippen molar-refractivity contribution in [2.45, 2.75) is 89.2 Å². The molecule has 2 rings (SSSR count). The first kappa shape index (κ1) is 13.5. The van der Waals surface area contributed by atoms with E-state index in [0.29, 0.717) is 6.92 Å². The SMILES string of the molecule is CCCOB1C2CCCCCCCC1CCC2. The minimum absolute atomic E-state index is 0.613. The average Bonchev–Trinajstić information content (AvgIpc) is 2.35. The summed E-state index contributed by atoms with van der Waals surface area (Å²) in [5, 5.41) is 0. The Hall–Kier alpha value is 0.0249. The van der Waals surface area contributed by atoms with E-state index in [1.807, 2.05) is 0 Å². The van der Waals surface area contributed by atoms with E-state index in [1.165, 1.54) is 70.6 Å². The van der Waals surface area contributed by atoms with Crippen LogP contribution in [0.5, 0.6) is 0 Å². The summed E-state index contributed by atoms with van der Waals surface area (Å²) in [7, 11) is 0. The molecule has 2 saturated heterocycles. The number of hydrogen-bond donors (Lipinski definition) is 0. The molecule has 1 nitrogen and oxygen atoms in total. The summed E-state index contributed by atoms with van der Waals surface area (Å²) in [6, 6.07) is 0. The van der Waals surface area contributed by atoms with Crippen LogP contribution in [0.25, 0.3) is 0 Å². The second-order valence-electron chi connectivity index (χ2n) is 6.13. The zero-order chi connectivity index (χ0) is 11.9. The maximum atomic E-state index is 6.23. The van der Waals surface area contributed by atoms with Gasteiger partial charge in [0, 0.05) is 6.61 Å². The lowest BCUT2D eigenvalue weighted by atomic mass is 9.40. The fraction of sp³-hybridized carbons (Fsp3) is 1.00. The van der Waals surface area contributed by atoms with E-state index >= 15 is 0 Å². The highest BCUT2D eigenvalue weighted by Gasteiger charge is 2.37. The molecule has 2 unspecified atom stereocenters. The van der Waals surface area contributed by atoms with E-state index in [-0.39, 0.29) is 0 Å². The van der Waals surface area contributed by atoms with E-state index < -0.39 is 0 Å². The first-order chi connectivity index (χ1) is 8.42. The molecule has 0 aliphatic carbocycles. The van der Waals surface area contributed by atoms with Crippen molar-refractivity contribution in [3.8, 4) is 0 Å². The summed E-state index contributed by atoms with van der Waals surface area (Å²) in [6.45, 7) is 3.83. The van der Waals surface area contributed by atoms with E-state index in [4.69, 9.17) is 4.65 Å². The van der Waals surface area contributed by atoms with Gasteiger partial charge in [-0.1, -0.05) is 71.1 Å². The highest BCUT2D eigenvalue weighted by atomic mass is 16.4. The Kier molecular flexibility index (Phi) is 5.90. The van der Waals surface area contributed by atoms with Gasteiger partial charge in [-0.15, -0.1) is 0 Å². The van der Waals surface area contributed by atoms with Crippen LogP contribution in [0.15, 0.2) is 0 Å². The summed E-state index contributed by atoms with van der Waals surface area (Å²) in [5.41, 5.74) is 0. The van der Waals surface area contributed by atoms with Crippen molar-refractivity contribution in [3.63, 3.8) is 0 Å². The Morgan fingerprint density at radius 2 is 1.35 bits per heavy atom. The van der Waals surface area contributed by atoms with Crippen molar-refractivity contribution in [2.24, 2.45) is 0 Å². The third-order valence-electron chi connectivity index (χ3n) is 4.74. The van der Waals surface area contributed by atoms with Crippen molar-refractivity contribution < 1.29 is 4.65 Å². The van der Waals surface area contributed by atoms with Crippen LogP contribution in [-0.2, 0) is 4.65 Å². The standard InChI is InChI=1S/C15H29BO/c1-2-13-17-16-14-9-6-4-3-5-7-10-15(16)12-8-11-14/h14-15H,2-13H2,1H3. The van der Waals surface area contributed by atoms with Crippen molar-refractivity contribution >= 4 is 6.92 Å². The first-order valence-electron chi connectivity index (χ1n) is 8.03. The zero-order valence-corrected chi connectivity index (χ0v) is 11.6. The van der Waals surface area contributed by atoms with Gasteiger partial charge in [0.05, 0.1) is 0 Å². The van der Waals surface area contributed by atoms with Gasteiger partial charge in [0.15, 0.2) is 0 Å². The molecule has 0 radical (unpaired) electrons. The lowest BCUT2D eigenvalue weighted by molar-refractivity contribution is 0.278. The van der Waals surface area contributed by atoms with Crippen LogP contribution in [-0.4, -0.2) is 13.5 Å². The summed E-state index contributed by atoms with van der Waals surface area (Å²) < 4.78 is 6.23. The molecule has 0 amide bonds. The van der Waals surface area contributed by atoms with Gasteiger partial charge in [-0.3, -0.25) is 0 Å². The van der Waals surface area contributed by atoms with Crippen LogP contribution in [0.4, 0.5) is 0 Å². The molecule has 0 saturated carbocycles. The molecule has 2 atom stereocenters. The zero-order valence-electron chi connectivity index (χ0n) is 11.6. The minimum atomic E-state index is 0.613. The number of fused-ring (bicyclic) bond motifs is 2. The molecule has 2 heteroatoms. The van der Waals surface area contributed by atoms with Crippen LogP contribution in [0, 0.1) is 0 Å². The van der Waals surface area contributed by atoms with E-state index in [2.05, 4.69) is 6.92 Å². The third-order valence-corrected chi connectivity index (χ3v) is 4.74. The fourth-order valence-electron chi connectivity index (χ4n) is 3.84. The molecule has 17 heavy (non-hydrogen) atoms. The largest absolute Gasteiger partial charge is 0.435 e. The molecular weight excluding hydrogens is 207 g/mol. The second-order valence-corrected chi connectivity index (χ2v) is 6.13. The Morgan fingerprint density at radius 1 is 0.824 bits per heavy atom. The van der Waals surface area contributed by atoms with Gasteiger partial charge < -0.3 is 4.65 Å². The quantitative estimate of drug-likeness (QED) is 0.621. The van der Waals surface area contributed by atoms with Crippen LogP contribution >= 0.6 is 0 Å². The van der Waals surface area contributed by atoms with Crippen molar-refractivity contribution in [2.75, 3.05) is 6.61 Å². The summed E-state index contributed by atoms with van der Waals surface area (Å²) in [4.78, 5) is 0. The van der Waals surface area contributed by atoms with Crippen LogP contribution in [0.1, 0.15) is 77.6 Å². The smallest absolute Gasteiger partial charge is 0.299 e. The lowest BCUT2D eigenvalue weighted by Crippen LogP contribution is -2.35. The predicted molar refractivity (Wildman–Crippen MR) is 75.7 cm³/mol. The van der Waals surface area contributed by atoms with Gasteiger partial charge >= 0.3 is 0 Å². The van der Waals surface area contributed by atoms with E-state index in [1.54, 1.807) is 0 Å². The topological polar surface area (TPSA) is 9.23 Å². The van der Waals surface area contributed by atoms with Gasteiger partial charge in [0.1, 0.15) is 0 Å². The second kappa shape index (κ2) is 7.46. The lowest BCUT2D eigenvalue weighted by Gasteiger charge is -2.36. The van der Waals surface area contributed by atoms with Crippen LogP contribution < -0.4 is 0 Å². The summed E-state index contributed by atoms with van der Waals surface area (Å²) >= 11 is 0. The normalized spacial score (nSPS) is 31.2. The fourth-order valence-corrected chi connectivity index (χ4v) is 3.84. The molecule has 2 aliphatic heterocycles. The highest BCUT2D eigenvalue weighted by molar-refractivity contribution is 6.55. The Morgan fingerprint density at radius 3 is 1.94 bits per heavy atom. The molecule has 0 aromatic carbocycles. The van der Waals surface area contributed by atoms with Gasteiger partial charge in [-0.2, -0.15) is 0 Å². The molecule has 0 N–H and O–H groups in total. The van der Waals surface area contributed by atoms with Gasteiger partial charge in [-0.25, -0.2) is 0 Å². The Labute approximate surface area is 108 Å². The molecule has 2 fully saturated rings. The molecule has 98 valence electrons. The molecular formula is C15H29BO. The first-order valence-corrected chi connectivity index (χ1v) is 8.03. The van der Waals surface area contributed by atoms with Gasteiger partial charge in [0.25, 0.3) is 6.92 Å². The molecule has 0 spiro atoms. The molecule has 2 bridgehead atoms. The van der Waals surface area contributed by atoms with Crippen LogP contribution in [0.2, 0.25) is 11.6 Å². The van der Waals surface area contributed by atoms with Gasteiger partial charge in [0.2, 0.25) is 0 Å². The highest BCUT2D eigenvalue weighted by Crippen LogP contribution is 2.43. The van der Waals surface area contributed by atoms with Gasteiger partial charge in [-0.05, 0) is 18.1 Å².